The van der Waals surface area contributed by atoms with Gasteiger partial charge in [0.15, 0.2) is 23.0 Å². The third kappa shape index (κ3) is 5.70. The molecule has 0 unspecified atom stereocenters. The highest BCUT2D eigenvalue weighted by molar-refractivity contribution is 7.97. The van der Waals surface area contributed by atoms with E-state index in [0.717, 1.165) is 21.3 Å². The summed E-state index contributed by atoms with van der Waals surface area (Å²) in [5.74, 6) is 2.58. The lowest BCUT2D eigenvalue weighted by Gasteiger charge is -2.22. The molecule has 2 aromatic carbocycles. The van der Waals surface area contributed by atoms with Crippen LogP contribution in [0.4, 0.5) is 0 Å². The fraction of sp³-hybridized carbons (Fsp3) is 0.278. The van der Waals surface area contributed by atoms with Crippen molar-refractivity contribution in [2.45, 2.75) is 30.6 Å². The lowest BCUT2D eigenvalue weighted by atomic mass is 9.92. The predicted molar refractivity (Wildman–Crippen MR) is 86.2 cm³/mol. The zero-order valence-corrected chi connectivity index (χ0v) is 16.1. The van der Waals surface area contributed by atoms with Crippen LogP contribution in [0.3, 0.4) is 0 Å². The SMILES string of the molecule is CC(C)(C)C(=O)C[S+]1c2ccccc2Oc2ccccc21.[O-][Cl+3]([O-])([O-])[O-]. The minimum absolute atomic E-state index is 0.246. The number of fused-ring (bicyclic) bond motifs is 2. The molecule has 8 heteroatoms. The smallest absolute Gasteiger partial charge is 0.203 e. The van der Waals surface area contributed by atoms with E-state index in [1.807, 2.05) is 57.2 Å². The van der Waals surface area contributed by atoms with Gasteiger partial charge in [0, 0.05) is 5.41 Å². The molecular weight excluding hydrogens is 380 g/mol. The molecule has 0 amide bonds. The van der Waals surface area contributed by atoms with Gasteiger partial charge in [-0.05, 0) is 24.3 Å². The zero-order chi connectivity index (χ0) is 19.5. The first-order chi connectivity index (χ1) is 12.0. The number of halogens is 1. The van der Waals surface area contributed by atoms with E-state index in [9.17, 15) is 4.79 Å². The Morgan fingerprint density at radius 1 is 0.923 bits per heavy atom. The summed E-state index contributed by atoms with van der Waals surface area (Å²) in [6, 6.07) is 16.1. The molecule has 1 heterocycles. The van der Waals surface area contributed by atoms with Gasteiger partial charge < -0.3 is 4.74 Å². The Morgan fingerprint density at radius 3 is 1.69 bits per heavy atom. The van der Waals surface area contributed by atoms with Gasteiger partial charge in [-0.3, -0.25) is 4.79 Å². The van der Waals surface area contributed by atoms with Crippen molar-refractivity contribution in [3.8, 4) is 11.5 Å². The van der Waals surface area contributed by atoms with Gasteiger partial charge in [0.1, 0.15) is 0 Å². The summed E-state index contributed by atoms with van der Waals surface area (Å²) < 4.78 is 39.9. The van der Waals surface area contributed by atoms with Crippen molar-refractivity contribution in [1.82, 2.24) is 0 Å². The number of ketones is 1. The van der Waals surface area contributed by atoms with Crippen molar-refractivity contribution < 1.29 is 38.4 Å². The second kappa shape index (κ2) is 7.96. The normalized spacial score (nSPS) is 13.7. The van der Waals surface area contributed by atoms with Crippen LogP contribution in [0, 0.1) is 15.7 Å². The van der Waals surface area contributed by atoms with Crippen molar-refractivity contribution >= 4 is 16.7 Å². The van der Waals surface area contributed by atoms with Crippen molar-refractivity contribution in [3.63, 3.8) is 0 Å². The van der Waals surface area contributed by atoms with Crippen LogP contribution in [0.15, 0.2) is 58.3 Å². The first kappa shape index (κ1) is 20.7. The molecule has 0 bridgehead atoms. The van der Waals surface area contributed by atoms with E-state index < -0.39 is 10.2 Å². The van der Waals surface area contributed by atoms with E-state index in [1.165, 1.54) is 0 Å². The number of Topliss-reactive ketones (excluding diaryl/α,β-unsaturated/α-hetero) is 1. The Bertz CT molecular complexity index is 730. The first-order valence-electron chi connectivity index (χ1n) is 7.68. The summed E-state index contributed by atoms with van der Waals surface area (Å²) in [6.45, 7) is 5.95. The van der Waals surface area contributed by atoms with Crippen LogP contribution in [-0.2, 0) is 15.7 Å². The summed E-state index contributed by atoms with van der Waals surface area (Å²) in [6.07, 6.45) is 0. The lowest BCUT2D eigenvalue weighted by molar-refractivity contribution is -2.00. The molecule has 2 aromatic rings. The molecule has 0 N–H and O–H groups in total. The van der Waals surface area contributed by atoms with Gasteiger partial charge in [0.05, 0.1) is 10.9 Å². The van der Waals surface area contributed by atoms with Gasteiger partial charge in [-0.25, -0.2) is 18.6 Å². The van der Waals surface area contributed by atoms with E-state index in [4.69, 9.17) is 23.4 Å². The highest BCUT2D eigenvalue weighted by Crippen LogP contribution is 2.43. The number of carbonyl (C=O) groups is 1. The molecule has 0 spiro atoms. The summed E-state index contributed by atoms with van der Waals surface area (Å²) in [5.41, 5.74) is -0.310. The first-order valence-corrected chi connectivity index (χ1v) is 10.3. The minimum Gasteiger partial charge on any atom is -0.447 e. The fourth-order valence-electron chi connectivity index (χ4n) is 2.22. The van der Waals surface area contributed by atoms with E-state index in [0.29, 0.717) is 5.75 Å². The monoisotopic (exact) mass is 398 g/mol. The van der Waals surface area contributed by atoms with Crippen LogP contribution in [0.5, 0.6) is 11.5 Å². The third-order valence-corrected chi connectivity index (χ3v) is 5.85. The summed E-state index contributed by atoms with van der Waals surface area (Å²) >= 11 is 0. The maximum atomic E-state index is 12.5. The Balaban J connectivity index is 0.000000431. The molecule has 26 heavy (non-hydrogen) atoms. The van der Waals surface area contributed by atoms with E-state index in [2.05, 4.69) is 12.1 Å². The van der Waals surface area contributed by atoms with Gasteiger partial charge in [0.25, 0.3) is 0 Å². The Labute approximate surface area is 157 Å². The van der Waals surface area contributed by atoms with Crippen molar-refractivity contribution in [1.29, 1.82) is 0 Å². The van der Waals surface area contributed by atoms with E-state index in [1.54, 1.807) is 0 Å². The van der Waals surface area contributed by atoms with Crippen LogP contribution < -0.4 is 23.4 Å². The maximum absolute atomic E-state index is 12.5. The quantitative estimate of drug-likeness (QED) is 0.640. The number of ether oxygens (including phenoxy) is 1. The van der Waals surface area contributed by atoms with Crippen molar-refractivity contribution in [2.75, 3.05) is 5.75 Å². The average molecular weight is 399 g/mol. The van der Waals surface area contributed by atoms with E-state index >= 15 is 0 Å². The van der Waals surface area contributed by atoms with E-state index in [-0.39, 0.29) is 22.1 Å². The van der Waals surface area contributed by atoms with Crippen LogP contribution in [0.1, 0.15) is 20.8 Å². The van der Waals surface area contributed by atoms with Crippen molar-refractivity contribution in [3.05, 3.63) is 48.5 Å². The number of hydrogen-bond acceptors (Lipinski definition) is 6. The van der Waals surface area contributed by atoms with Gasteiger partial charge in [-0.2, -0.15) is 0 Å². The average Bonchev–Trinajstić information content (AvgIpc) is 2.52. The Kier molecular flexibility index (Phi) is 6.33. The molecule has 140 valence electrons. The van der Waals surface area contributed by atoms with Crippen LogP contribution in [0.25, 0.3) is 0 Å². The molecule has 3 rings (SSSR count). The molecule has 6 nitrogen and oxygen atoms in total. The standard InChI is InChI=1S/C18H19O2S.ClHO4/c1-18(2,3)17(19)12-21-15-10-6-4-8-13(15)20-14-9-5-7-11-16(14)21;2-1(3,4)5/h4-11H,12H2,1-3H3;(H,2,3,4,5)/q+1;/p-1. The Hall–Kier alpha value is -1.61. The number of rotatable bonds is 2. The largest absolute Gasteiger partial charge is 0.447 e. The molecule has 0 fully saturated rings. The molecule has 0 atom stereocenters. The topological polar surface area (TPSA) is 119 Å². The van der Waals surface area contributed by atoms with Crippen molar-refractivity contribution in [2.24, 2.45) is 5.41 Å². The van der Waals surface area contributed by atoms with Gasteiger partial charge in [0.2, 0.25) is 9.79 Å². The molecule has 0 radical (unpaired) electrons. The molecule has 0 saturated heterocycles. The Morgan fingerprint density at radius 2 is 1.31 bits per heavy atom. The minimum atomic E-state index is -4.94. The second-order valence-corrected chi connectivity index (χ2v) is 9.29. The molecule has 0 aliphatic carbocycles. The molecule has 1 aliphatic rings. The summed E-state index contributed by atoms with van der Waals surface area (Å²) in [4.78, 5) is 14.8. The summed E-state index contributed by atoms with van der Waals surface area (Å²) in [7, 11) is -5.19. The van der Waals surface area contributed by atoms with Gasteiger partial charge >= 0.3 is 0 Å². The molecule has 1 aliphatic heterocycles. The molecule has 0 aromatic heterocycles. The highest BCUT2D eigenvalue weighted by Gasteiger charge is 2.40. The number of carbonyl (C=O) groups excluding carboxylic acids is 1. The number of para-hydroxylation sites is 2. The fourth-order valence-corrected chi connectivity index (χ4v) is 4.65. The number of hydrogen-bond donors (Lipinski definition) is 0. The van der Waals surface area contributed by atoms with Crippen LogP contribution >= 0.6 is 0 Å². The van der Waals surface area contributed by atoms with Crippen LogP contribution in [0.2, 0.25) is 0 Å². The highest BCUT2D eigenvalue weighted by atomic mass is 35.7. The number of benzene rings is 2. The third-order valence-electron chi connectivity index (χ3n) is 3.56. The van der Waals surface area contributed by atoms with Crippen LogP contribution in [-0.4, -0.2) is 11.5 Å². The zero-order valence-electron chi connectivity index (χ0n) is 14.6. The maximum Gasteiger partial charge on any atom is 0.203 e. The molecule has 0 saturated carbocycles. The summed E-state index contributed by atoms with van der Waals surface area (Å²) in [5, 5.41) is 0. The van der Waals surface area contributed by atoms with Gasteiger partial charge in [-0.1, -0.05) is 45.0 Å². The molecular formula is C18H19ClO6S. The second-order valence-electron chi connectivity index (χ2n) is 6.58. The predicted octanol–water partition coefficient (Wildman–Crippen LogP) is -0.312. The lowest BCUT2D eigenvalue weighted by Crippen LogP contribution is -2.68. The van der Waals surface area contributed by atoms with Gasteiger partial charge in [-0.15, -0.1) is 10.2 Å².